The van der Waals surface area contributed by atoms with Crippen molar-refractivity contribution in [2.24, 2.45) is 0 Å². The van der Waals surface area contributed by atoms with Crippen molar-refractivity contribution in [1.82, 2.24) is 0 Å². The molecule has 0 saturated heterocycles. The van der Waals surface area contributed by atoms with E-state index in [9.17, 15) is 9.90 Å². The van der Waals surface area contributed by atoms with E-state index in [2.05, 4.69) is 13.8 Å². The van der Waals surface area contributed by atoms with Crippen molar-refractivity contribution in [3.63, 3.8) is 0 Å². The minimum absolute atomic E-state index is 0.458. The fraction of sp³-hybridized carbons (Fsp3) is 0.312. The molecule has 100 valence electrons. The number of hydrogen-bond donors (Lipinski definition) is 1. The molecule has 0 fully saturated rings. The maximum atomic E-state index is 11.4. The van der Waals surface area contributed by atoms with Crippen LogP contribution in [0.3, 0.4) is 0 Å². The third-order valence-electron chi connectivity index (χ3n) is 3.29. The van der Waals surface area contributed by atoms with Crippen LogP contribution >= 0.6 is 11.3 Å². The fourth-order valence-electron chi connectivity index (χ4n) is 2.09. The molecule has 2 nitrogen and oxygen atoms in total. The predicted octanol–water partition coefficient (Wildman–Crippen LogP) is 4.28. The van der Waals surface area contributed by atoms with E-state index in [1.54, 1.807) is 11.3 Å². The number of carbonyl (C=O) groups is 1. The Morgan fingerprint density at radius 3 is 2.26 bits per heavy atom. The van der Waals surface area contributed by atoms with Gasteiger partial charge in [-0.2, -0.15) is 0 Å². The Labute approximate surface area is 117 Å². The lowest BCUT2D eigenvalue weighted by Gasteiger charge is -2.13. The quantitative estimate of drug-likeness (QED) is 0.883. The van der Waals surface area contributed by atoms with Gasteiger partial charge in [-0.15, -0.1) is 11.3 Å². The van der Waals surface area contributed by atoms with Crippen LogP contribution in [0.15, 0.2) is 41.8 Å². The SMILES string of the molecule is CC(C)c1ccc(C(Cc2cccs2)C(=O)O)cc1. The summed E-state index contributed by atoms with van der Waals surface area (Å²) in [5.41, 5.74) is 2.12. The van der Waals surface area contributed by atoms with E-state index in [1.165, 1.54) is 5.56 Å². The molecule has 0 aliphatic carbocycles. The highest BCUT2D eigenvalue weighted by Gasteiger charge is 2.20. The van der Waals surface area contributed by atoms with E-state index < -0.39 is 11.9 Å². The second-order valence-corrected chi connectivity index (χ2v) is 6.03. The van der Waals surface area contributed by atoms with Gasteiger partial charge in [0, 0.05) is 4.88 Å². The summed E-state index contributed by atoms with van der Waals surface area (Å²) in [5, 5.41) is 11.4. The van der Waals surface area contributed by atoms with Crippen LogP contribution in [0.1, 0.15) is 41.7 Å². The number of rotatable bonds is 5. The van der Waals surface area contributed by atoms with E-state index in [-0.39, 0.29) is 0 Å². The van der Waals surface area contributed by atoms with Gasteiger partial charge < -0.3 is 5.11 Å². The van der Waals surface area contributed by atoms with Gasteiger partial charge in [0.15, 0.2) is 0 Å². The van der Waals surface area contributed by atoms with Crippen LogP contribution in [0.4, 0.5) is 0 Å². The van der Waals surface area contributed by atoms with Gasteiger partial charge in [0.25, 0.3) is 0 Å². The van der Waals surface area contributed by atoms with Crippen molar-refractivity contribution in [2.45, 2.75) is 32.1 Å². The second-order valence-electron chi connectivity index (χ2n) is 5.00. The summed E-state index contributed by atoms with van der Waals surface area (Å²) in [4.78, 5) is 12.6. The number of aliphatic carboxylic acids is 1. The second kappa shape index (κ2) is 6.02. The molecule has 0 spiro atoms. The third-order valence-corrected chi connectivity index (χ3v) is 4.19. The largest absolute Gasteiger partial charge is 0.481 e. The van der Waals surface area contributed by atoms with Crippen LogP contribution in [0.5, 0.6) is 0 Å². The van der Waals surface area contributed by atoms with Crippen LogP contribution in [-0.2, 0) is 11.2 Å². The molecular formula is C16H18O2S. The molecule has 2 aromatic rings. The average molecular weight is 274 g/mol. The zero-order valence-electron chi connectivity index (χ0n) is 11.2. The molecule has 1 N–H and O–H groups in total. The van der Waals surface area contributed by atoms with Gasteiger partial charge in [0.05, 0.1) is 5.92 Å². The summed E-state index contributed by atoms with van der Waals surface area (Å²) in [6.07, 6.45) is 0.564. The number of hydrogen-bond acceptors (Lipinski definition) is 2. The molecule has 19 heavy (non-hydrogen) atoms. The molecular weight excluding hydrogens is 256 g/mol. The minimum atomic E-state index is -0.759. The lowest BCUT2D eigenvalue weighted by molar-refractivity contribution is -0.138. The molecule has 1 aromatic heterocycles. The summed E-state index contributed by atoms with van der Waals surface area (Å²) in [6, 6.07) is 11.9. The summed E-state index contributed by atoms with van der Waals surface area (Å²) >= 11 is 1.61. The van der Waals surface area contributed by atoms with Gasteiger partial charge in [-0.25, -0.2) is 0 Å². The number of benzene rings is 1. The number of carboxylic acids is 1. The Bertz CT molecular complexity index is 526. The Morgan fingerprint density at radius 2 is 1.79 bits per heavy atom. The first kappa shape index (κ1) is 13.8. The van der Waals surface area contributed by atoms with Crippen molar-refractivity contribution < 1.29 is 9.90 Å². The van der Waals surface area contributed by atoms with Crippen molar-refractivity contribution in [3.05, 3.63) is 57.8 Å². The van der Waals surface area contributed by atoms with Crippen LogP contribution in [0.2, 0.25) is 0 Å². The number of carboxylic acid groups (broad SMARTS) is 1. The molecule has 1 aromatic carbocycles. The topological polar surface area (TPSA) is 37.3 Å². The van der Waals surface area contributed by atoms with Gasteiger partial charge >= 0.3 is 5.97 Å². The molecule has 0 amide bonds. The molecule has 0 aliphatic rings. The van der Waals surface area contributed by atoms with Gasteiger partial charge in [-0.05, 0) is 34.9 Å². The molecule has 0 bridgehead atoms. The summed E-state index contributed by atoms with van der Waals surface area (Å²) in [6.45, 7) is 4.27. The molecule has 1 atom stereocenters. The molecule has 1 heterocycles. The van der Waals surface area contributed by atoms with Gasteiger partial charge in [0.1, 0.15) is 0 Å². The maximum Gasteiger partial charge on any atom is 0.311 e. The standard InChI is InChI=1S/C16H18O2S/c1-11(2)12-5-7-13(8-6-12)15(16(17)18)10-14-4-3-9-19-14/h3-9,11,15H,10H2,1-2H3,(H,17,18). The Morgan fingerprint density at radius 1 is 1.16 bits per heavy atom. The van der Waals surface area contributed by atoms with Gasteiger partial charge in [0.2, 0.25) is 0 Å². The molecule has 0 saturated carbocycles. The first-order valence-electron chi connectivity index (χ1n) is 6.43. The van der Waals surface area contributed by atoms with Crippen molar-refractivity contribution >= 4 is 17.3 Å². The zero-order chi connectivity index (χ0) is 13.8. The Kier molecular flexibility index (Phi) is 4.38. The minimum Gasteiger partial charge on any atom is -0.481 e. The molecule has 0 radical (unpaired) electrons. The lowest BCUT2D eigenvalue weighted by atomic mass is 9.92. The highest BCUT2D eigenvalue weighted by Crippen LogP contribution is 2.25. The van der Waals surface area contributed by atoms with E-state index in [0.29, 0.717) is 12.3 Å². The van der Waals surface area contributed by atoms with Gasteiger partial charge in [-0.3, -0.25) is 4.79 Å². The monoisotopic (exact) mass is 274 g/mol. The molecule has 2 rings (SSSR count). The highest BCUT2D eigenvalue weighted by atomic mass is 32.1. The smallest absolute Gasteiger partial charge is 0.311 e. The molecule has 1 unspecified atom stereocenters. The van der Waals surface area contributed by atoms with E-state index in [0.717, 1.165) is 10.4 Å². The van der Waals surface area contributed by atoms with Crippen LogP contribution in [0, 0.1) is 0 Å². The summed E-state index contributed by atoms with van der Waals surface area (Å²) in [5.74, 6) is -0.750. The lowest BCUT2D eigenvalue weighted by Crippen LogP contribution is -2.14. The highest BCUT2D eigenvalue weighted by molar-refractivity contribution is 7.09. The Hall–Kier alpha value is -1.61. The average Bonchev–Trinajstić information content (AvgIpc) is 2.88. The Balaban J connectivity index is 2.21. The zero-order valence-corrected chi connectivity index (χ0v) is 12.0. The first-order valence-corrected chi connectivity index (χ1v) is 7.31. The van der Waals surface area contributed by atoms with Gasteiger partial charge in [-0.1, -0.05) is 44.2 Å². The van der Waals surface area contributed by atoms with Crippen LogP contribution in [0.25, 0.3) is 0 Å². The summed E-state index contributed by atoms with van der Waals surface area (Å²) < 4.78 is 0. The van der Waals surface area contributed by atoms with E-state index in [1.807, 2.05) is 41.8 Å². The van der Waals surface area contributed by atoms with Crippen LogP contribution < -0.4 is 0 Å². The van der Waals surface area contributed by atoms with Crippen molar-refractivity contribution in [3.8, 4) is 0 Å². The summed E-state index contributed by atoms with van der Waals surface area (Å²) in [7, 11) is 0. The van der Waals surface area contributed by atoms with Crippen LogP contribution in [-0.4, -0.2) is 11.1 Å². The van der Waals surface area contributed by atoms with E-state index >= 15 is 0 Å². The number of thiophene rings is 1. The first-order chi connectivity index (χ1) is 9.08. The van der Waals surface area contributed by atoms with Crippen molar-refractivity contribution in [1.29, 1.82) is 0 Å². The van der Waals surface area contributed by atoms with Crippen molar-refractivity contribution in [2.75, 3.05) is 0 Å². The maximum absolute atomic E-state index is 11.4. The van der Waals surface area contributed by atoms with E-state index in [4.69, 9.17) is 0 Å². The third kappa shape index (κ3) is 3.44. The normalized spacial score (nSPS) is 12.6. The molecule has 3 heteroatoms. The predicted molar refractivity (Wildman–Crippen MR) is 78.9 cm³/mol. The fourth-order valence-corrected chi connectivity index (χ4v) is 2.84. The molecule has 0 aliphatic heterocycles.